The number of pyridine rings is 1. The van der Waals surface area contributed by atoms with Gasteiger partial charge in [0.2, 0.25) is 0 Å². The zero-order valence-electron chi connectivity index (χ0n) is 9.48. The monoisotopic (exact) mass is 239 g/mol. The summed E-state index contributed by atoms with van der Waals surface area (Å²) >= 11 is 0. The highest BCUT2D eigenvalue weighted by molar-refractivity contribution is 7.85. The van der Waals surface area contributed by atoms with Crippen LogP contribution in [-0.4, -0.2) is 33.8 Å². The number of nitrogens with two attached hydrogens (primary N) is 1. The van der Waals surface area contributed by atoms with Gasteiger partial charge in [-0.25, -0.2) is 4.98 Å². The maximum Gasteiger partial charge on any atom is 0.133 e. The first-order valence-electron chi connectivity index (χ1n) is 5.47. The third-order valence-electron chi connectivity index (χ3n) is 2.95. The van der Waals surface area contributed by atoms with Crippen LogP contribution < -0.4 is 10.6 Å². The van der Waals surface area contributed by atoms with E-state index in [1.807, 2.05) is 12.3 Å². The van der Waals surface area contributed by atoms with Gasteiger partial charge >= 0.3 is 0 Å². The fourth-order valence-corrected chi connectivity index (χ4v) is 3.00. The Morgan fingerprint density at radius 2 is 2.19 bits per heavy atom. The van der Waals surface area contributed by atoms with Crippen LogP contribution >= 0.6 is 0 Å². The molecule has 4 nitrogen and oxygen atoms in total. The van der Waals surface area contributed by atoms with Crippen LogP contribution in [0.1, 0.15) is 11.1 Å². The Kier molecular flexibility index (Phi) is 3.56. The van der Waals surface area contributed by atoms with Crippen molar-refractivity contribution < 1.29 is 4.21 Å². The molecule has 1 saturated heterocycles. The van der Waals surface area contributed by atoms with Crippen LogP contribution in [0.3, 0.4) is 0 Å². The summed E-state index contributed by atoms with van der Waals surface area (Å²) in [6, 6.07) is 1.98. The Morgan fingerprint density at radius 3 is 2.81 bits per heavy atom. The van der Waals surface area contributed by atoms with Gasteiger partial charge in [0.15, 0.2) is 0 Å². The highest BCUT2D eigenvalue weighted by Crippen LogP contribution is 2.21. The molecule has 1 aliphatic heterocycles. The van der Waals surface area contributed by atoms with E-state index in [0.29, 0.717) is 6.54 Å². The van der Waals surface area contributed by atoms with Crippen LogP contribution in [0, 0.1) is 6.92 Å². The van der Waals surface area contributed by atoms with Crippen LogP contribution in [0.5, 0.6) is 0 Å². The molecule has 0 radical (unpaired) electrons. The van der Waals surface area contributed by atoms with Crippen LogP contribution in [0.4, 0.5) is 5.82 Å². The van der Waals surface area contributed by atoms with Crippen molar-refractivity contribution in [2.45, 2.75) is 13.5 Å². The highest BCUT2D eigenvalue weighted by Gasteiger charge is 2.19. The molecule has 0 spiro atoms. The average molecular weight is 239 g/mol. The summed E-state index contributed by atoms with van der Waals surface area (Å²) in [6.07, 6.45) is 1.81. The number of hydrogen-bond acceptors (Lipinski definition) is 4. The minimum atomic E-state index is -0.649. The molecule has 88 valence electrons. The molecular formula is C11H17N3OS. The standard InChI is InChI=1S/C11H17N3OS/c1-9-2-3-13-11(10(9)8-12)14-4-6-16(15)7-5-14/h2-3H,4-8,12H2,1H3. The van der Waals surface area contributed by atoms with E-state index in [2.05, 4.69) is 16.8 Å². The number of rotatable bonds is 2. The molecule has 1 aromatic heterocycles. The molecule has 1 aromatic rings. The fourth-order valence-electron chi connectivity index (χ4n) is 1.95. The van der Waals surface area contributed by atoms with Crippen molar-refractivity contribution in [3.05, 3.63) is 23.4 Å². The van der Waals surface area contributed by atoms with Crippen LogP contribution in [-0.2, 0) is 17.3 Å². The summed E-state index contributed by atoms with van der Waals surface area (Å²) < 4.78 is 11.3. The quantitative estimate of drug-likeness (QED) is 0.812. The molecule has 2 heterocycles. The van der Waals surface area contributed by atoms with Crippen molar-refractivity contribution >= 4 is 16.6 Å². The predicted molar refractivity (Wildman–Crippen MR) is 67.0 cm³/mol. The van der Waals surface area contributed by atoms with Gasteiger partial charge in [-0.05, 0) is 18.6 Å². The van der Waals surface area contributed by atoms with E-state index < -0.39 is 10.8 Å². The van der Waals surface area contributed by atoms with Crippen molar-refractivity contribution in [3.8, 4) is 0 Å². The number of nitrogens with zero attached hydrogens (tertiary/aromatic N) is 2. The molecule has 1 fully saturated rings. The van der Waals surface area contributed by atoms with Crippen LogP contribution in [0.25, 0.3) is 0 Å². The molecule has 1 aliphatic rings. The zero-order chi connectivity index (χ0) is 11.5. The Bertz CT molecular complexity index is 398. The second-order valence-corrected chi connectivity index (χ2v) is 5.67. The third kappa shape index (κ3) is 2.25. The van der Waals surface area contributed by atoms with Gasteiger partial charge in [-0.1, -0.05) is 0 Å². The molecule has 0 saturated carbocycles. The molecule has 0 unspecified atom stereocenters. The van der Waals surface area contributed by atoms with Gasteiger partial charge in [-0.2, -0.15) is 0 Å². The van der Waals surface area contributed by atoms with E-state index in [4.69, 9.17) is 5.73 Å². The molecule has 0 atom stereocenters. The first-order valence-corrected chi connectivity index (χ1v) is 6.95. The molecule has 2 rings (SSSR count). The van der Waals surface area contributed by atoms with E-state index in [1.54, 1.807) is 0 Å². The maximum absolute atomic E-state index is 11.3. The number of aryl methyl sites for hydroxylation is 1. The lowest BCUT2D eigenvalue weighted by molar-refractivity contribution is 0.672. The predicted octanol–water partition coefficient (Wildman–Crippen LogP) is 0.417. The summed E-state index contributed by atoms with van der Waals surface area (Å²) in [5, 5.41) is 0. The second kappa shape index (κ2) is 4.93. The van der Waals surface area contributed by atoms with Crippen molar-refractivity contribution in [2.75, 3.05) is 29.5 Å². The summed E-state index contributed by atoms with van der Waals surface area (Å²) in [4.78, 5) is 6.60. The van der Waals surface area contributed by atoms with Gasteiger partial charge in [0.05, 0.1) is 0 Å². The summed E-state index contributed by atoms with van der Waals surface area (Å²) in [6.45, 7) is 4.19. The van der Waals surface area contributed by atoms with E-state index in [1.165, 1.54) is 5.56 Å². The molecule has 16 heavy (non-hydrogen) atoms. The number of aromatic nitrogens is 1. The molecule has 2 N–H and O–H groups in total. The first-order chi connectivity index (χ1) is 7.72. The zero-order valence-corrected chi connectivity index (χ0v) is 10.3. The summed E-state index contributed by atoms with van der Waals surface area (Å²) in [5.41, 5.74) is 8.05. The van der Waals surface area contributed by atoms with E-state index >= 15 is 0 Å². The van der Waals surface area contributed by atoms with Crippen molar-refractivity contribution in [1.29, 1.82) is 0 Å². The lowest BCUT2D eigenvalue weighted by Crippen LogP contribution is -2.39. The minimum absolute atomic E-state index is 0.509. The normalized spacial score (nSPS) is 17.8. The van der Waals surface area contributed by atoms with Gasteiger partial charge in [0.25, 0.3) is 0 Å². The van der Waals surface area contributed by atoms with E-state index in [-0.39, 0.29) is 0 Å². The Morgan fingerprint density at radius 1 is 1.50 bits per heavy atom. The second-order valence-electron chi connectivity index (χ2n) is 3.97. The third-order valence-corrected chi connectivity index (χ3v) is 4.22. The van der Waals surface area contributed by atoms with Crippen molar-refractivity contribution in [1.82, 2.24) is 4.98 Å². The average Bonchev–Trinajstić information content (AvgIpc) is 2.30. The largest absolute Gasteiger partial charge is 0.355 e. The number of hydrogen-bond donors (Lipinski definition) is 1. The highest BCUT2D eigenvalue weighted by atomic mass is 32.2. The van der Waals surface area contributed by atoms with Gasteiger partial charge in [-0.15, -0.1) is 0 Å². The maximum atomic E-state index is 11.3. The number of anilines is 1. The van der Waals surface area contributed by atoms with Crippen LogP contribution in [0.2, 0.25) is 0 Å². The van der Waals surface area contributed by atoms with Gasteiger partial charge in [0, 0.05) is 53.7 Å². The summed E-state index contributed by atoms with van der Waals surface area (Å²) in [5.74, 6) is 2.44. The topological polar surface area (TPSA) is 59.2 Å². The Hall–Kier alpha value is -0.940. The molecule has 0 amide bonds. The molecule has 5 heteroatoms. The molecule has 0 bridgehead atoms. The summed E-state index contributed by atoms with van der Waals surface area (Å²) in [7, 11) is -0.649. The smallest absolute Gasteiger partial charge is 0.133 e. The SMILES string of the molecule is Cc1ccnc(N2CCS(=O)CC2)c1CN. The lowest BCUT2D eigenvalue weighted by Gasteiger charge is -2.29. The molecule has 0 aromatic carbocycles. The molecular weight excluding hydrogens is 222 g/mol. The molecule has 0 aliphatic carbocycles. The lowest BCUT2D eigenvalue weighted by atomic mass is 10.1. The van der Waals surface area contributed by atoms with Crippen molar-refractivity contribution in [3.63, 3.8) is 0 Å². The van der Waals surface area contributed by atoms with E-state index in [0.717, 1.165) is 36.0 Å². The minimum Gasteiger partial charge on any atom is -0.355 e. The van der Waals surface area contributed by atoms with E-state index in [9.17, 15) is 4.21 Å². The van der Waals surface area contributed by atoms with Crippen LogP contribution in [0.15, 0.2) is 12.3 Å². The van der Waals surface area contributed by atoms with Crippen molar-refractivity contribution in [2.24, 2.45) is 5.73 Å². The Balaban J connectivity index is 2.26. The van der Waals surface area contributed by atoms with Gasteiger partial charge in [-0.3, -0.25) is 4.21 Å². The Labute approximate surface area is 98.3 Å². The van der Waals surface area contributed by atoms with Gasteiger partial charge < -0.3 is 10.6 Å². The van der Waals surface area contributed by atoms with Gasteiger partial charge in [0.1, 0.15) is 5.82 Å². The fraction of sp³-hybridized carbons (Fsp3) is 0.545. The first kappa shape index (κ1) is 11.5.